The average molecular weight is 443 g/mol. The summed E-state index contributed by atoms with van der Waals surface area (Å²) >= 11 is 1.50. The summed E-state index contributed by atoms with van der Waals surface area (Å²) in [5.74, 6) is -0.490. The predicted molar refractivity (Wildman–Crippen MR) is 116 cm³/mol. The number of ketones is 1. The van der Waals surface area contributed by atoms with Crippen LogP contribution in [-0.2, 0) is 14.4 Å². The number of amidine groups is 1. The van der Waals surface area contributed by atoms with Crippen LogP contribution in [0.15, 0.2) is 35.4 Å². The summed E-state index contributed by atoms with van der Waals surface area (Å²) in [7, 11) is 1.86. The van der Waals surface area contributed by atoms with Crippen molar-refractivity contribution in [2.24, 2.45) is 11.0 Å². The molecule has 0 aliphatic carbocycles. The molecule has 1 atom stereocenters. The molecule has 1 aromatic rings. The molecule has 2 rings (SSSR count). The fourth-order valence-corrected chi connectivity index (χ4v) is 3.48. The molecule has 1 heterocycles. The number of nitrogens with zero attached hydrogens (tertiary/aromatic N) is 2. The zero-order valence-corrected chi connectivity index (χ0v) is 18.3. The number of halogens is 1. The van der Waals surface area contributed by atoms with E-state index < -0.39 is 23.6 Å². The molecule has 160 valence electrons. The topological polar surface area (TPSA) is 100 Å². The molecule has 0 saturated carbocycles. The molecule has 0 spiro atoms. The molecule has 0 bridgehead atoms. The van der Waals surface area contributed by atoms with E-state index in [1.165, 1.54) is 11.8 Å². The first kappa shape index (κ1) is 24.8. The predicted octanol–water partition coefficient (Wildman–Crippen LogP) is 1.65. The SMILES string of the molecule is CC(C)C[C@H](NC(=O)COc1ccccc1)C(=O)C(=O)NN=C1SCCN1C.Cl. The van der Waals surface area contributed by atoms with Gasteiger partial charge in [0, 0.05) is 19.3 Å². The van der Waals surface area contributed by atoms with Crippen LogP contribution in [0.25, 0.3) is 0 Å². The summed E-state index contributed by atoms with van der Waals surface area (Å²) in [4.78, 5) is 38.8. The van der Waals surface area contributed by atoms with Gasteiger partial charge in [0.2, 0.25) is 5.78 Å². The number of para-hydroxylation sites is 1. The fraction of sp³-hybridized carbons (Fsp3) is 0.474. The molecule has 2 amide bonds. The van der Waals surface area contributed by atoms with Crippen molar-refractivity contribution in [1.29, 1.82) is 0 Å². The van der Waals surface area contributed by atoms with Gasteiger partial charge in [-0.15, -0.1) is 17.5 Å². The van der Waals surface area contributed by atoms with Crippen LogP contribution in [0.3, 0.4) is 0 Å². The highest BCUT2D eigenvalue weighted by Gasteiger charge is 2.28. The Kier molecular flexibility index (Phi) is 10.5. The van der Waals surface area contributed by atoms with Crippen LogP contribution in [-0.4, -0.2) is 59.7 Å². The van der Waals surface area contributed by atoms with Gasteiger partial charge >= 0.3 is 5.91 Å². The highest BCUT2D eigenvalue weighted by atomic mass is 35.5. The first-order chi connectivity index (χ1) is 13.4. The van der Waals surface area contributed by atoms with Gasteiger partial charge in [-0.1, -0.05) is 43.8 Å². The lowest BCUT2D eigenvalue weighted by Gasteiger charge is -2.19. The smallest absolute Gasteiger partial charge is 0.309 e. The van der Waals surface area contributed by atoms with Crippen molar-refractivity contribution in [2.45, 2.75) is 26.3 Å². The van der Waals surface area contributed by atoms with Gasteiger partial charge in [0.05, 0.1) is 6.04 Å². The molecular formula is C19H27ClN4O4S. The number of carbonyl (C=O) groups is 3. The molecule has 1 fully saturated rings. The van der Waals surface area contributed by atoms with Gasteiger partial charge in [-0.25, -0.2) is 5.43 Å². The number of hydrogen-bond acceptors (Lipinski definition) is 6. The van der Waals surface area contributed by atoms with Gasteiger partial charge < -0.3 is 15.0 Å². The molecule has 1 saturated heterocycles. The number of benzene rings is 1. The molecular weight excluding hydrogens is 416 g/mol. The Hall–Kier alpha value is -2.26. The first-order valence-electron chi connectivity index (χ1n) is 9.10. The van der Waals surface area contributed by atoms with Gasteiger partial charge in [-0.3, -0.25) is 14.4 Å². The molecule has 0 unspecified atom stereocenters. The Morgan fingerprint density at radius 2 is 1.93 bits per heavy atom. The number of nitrogens with one attached hydrogen (secondary N) is 2. The van der Waals surface area contributed by atoms with Gasteiger partial charge in [0.15, 0.2) is 11.8 Å². The first-order valence-corrected chi connectivity index (χ1v) is 10.1. The van der Waals surface area contributed by atoms with Crippen LogP contribution in [0.4, 0.5) is 0 Å². The van der Waals surface area contributed by atoms with E-state index in [9.17, 15) is 14.4 Å². The highest BCUT2D eigenvalue weighted by Crippen LogP contribution is 2.15. The van der Waals surface area contributed by atoms with Crippen LogP contribution in [0.5, 0.6) is 5.75 Å². The summed E-state index contributed by atoms with van der Waals surface area (Å²) in [6, 6.07) is 7.97. The largest absolute Gasteiger partial charge is 0.484 e. The molecule has 8 nitrogen and oxygen atoms in total. The van der Waals surface area contributed by atoms with Crippen LogP contribution in [0, 0.1) is 5.92 Å². The minimum atomic E-state index is -0.930. The molecule has 1 aliphatic rings. The Bertz CT molecular complexity index is 730. The van der Waals surface area contributed by atoms with Gasteiger partial charge in [0.25, 0.3) is 5.91 Å². The van der Waals surface area contributed by atoms with Crippen molar-refractivity contribution in [1.82, 2.24) is 15.6 Å². The quantitative estimate of drug-likeness (QED) is 0.445. The summed E-state index contributed by atoms with van der Waals surface area (Å²) in [5.41, 5.74) is 2.29. The normalized spacial score (nSPS) is 15.6. The number of hydrazone groups is 1. The van der Waals surface area contributed by atoms with Crippen molar-refractivity contribution in [2.75, 3.05) is 26.0 Å². The Balaban J connectivity index is 0.00000420. The van der Waals surface area contributed by atoms with E-state index in [0.29, 0.717) is 17.3 Å². The van der Waals surface area contributed by atoms with E-state index in [1.807, 2.05) is 31.9 Å². The molecule has 0 aromatic heterocycles. The second kappa shape index (κ2) is 12.3. The summed E-state index contributed by atoms with van der Waals surface area (Å²) < 4.78 is 5.39. The van der Waals surface area contributed by atoms with Crippen molar-refractivity contribution >= 4 is 46.9 Å². The van der Waals surface area contributed by atoms with Crippen LogP contribution >= 0.6 is 24.2 Å². The standard InChI is InChI=1S/C19H26N4O4S.ClH/c1-13(2)11-15(20-16(24)12-27-14-7-5-4-6-8-14)17(25)18(26)21-22-19-23(3)9-10-28-19;/h4-8,13,15H,9-12H2,1-3H3,(H,20,24)(H,21,26);1H/t15-;/m0./s1. The Labute approximate surface area is 181 Å². The van der Waals surface area contributed by atoms with Gasteiger partial charge in [0.1, 0.15) is 5.75 Å². The zero-order chi connectivity index (χ0) is 20.5. The number of thioether (sulfide) groups is 1. The molecule has 1 aromatic carbocycles. The third-order valence-corrected chi connectivity index (χ3v) is 4.98. The minimum absolute atomic E-state index is 0. The number of carbonyl (C=O) groups excluding carboxylic acids is 3. The van der Waals surface area contributed by atoms with E-state index in [2.05, 4.69) is 15.8 Å². The lowest BCUT2D eigenvalue weighted by molar-refractivity contribution is -0.140. The molecule has 10 heteroatoms. The van der Waals surface area contributed by atoms with Crippen molar-refractivity contribution in [3.63, 3.8) is 0 Å². The molecule has 29 heavy (non-hydrogen) atoms. The lowest BCUT2D eigenvalue weighted by Crippen LogP contribution is -2.48. The van der Waals surface area contributed by atoms with Gasteiger partial charge in [-0.2, -0.15) is 0 Å². The van der Waals surface area contributed by atoms with Crippen molar-refractivity contribution < 1.29 is 19.1 Å². The van der Waals surface area contributed by atoms with E-state index in [0.717, 1.165) is 12.3 Å². The second-order valence-electron chi connectivity index (χ2n) is 6.82. The maximum absolute atomic E-state index is 12.5. The molecule has 2 N–H and O–H groups in total. The third kappa shape index (κ3) is 8.33. The highest BCUT2D eigenvalue weighted by molar-refractivity contribution is 8.14. The third-order valence-electron chi connectivity index (χ3n) is 3.93. The fourth-order valence-electron chi connectivity index (χ4n) is 2.51. The van der Waals surface area contributed by atoms with Crippen molar-refractivity contribution in [3.8, 4) is 5.75 Å². The van der Waals surface area contributed by atoms with Gasteiger partial charge in [-0.05, 0) is 24.5 Å². The summed E-state index contributed by atoms with van der Waals surface area (Å²) in [6.07, 6.45) is 0.342. The summed E-state index contributed by atoms with van der Waals surface area (Å²) in [5, 5.41) is 7.24. The number of amides is 2. The average Bonchev–Trinajstić information content (AvgIpc) is 3.08. The van der Waals surface area contributed by atoms with Crippen LogP contribution in [0.2, 0.25) is 0 Å². The zero-order valence-electron chi connectivity index (χ0n) is 16.7. The van der Waals surface area contributed by atoms with E-state index in [4.69, 9.17) is 4.74 Å². The van der Waals surface area contributed by atoms with Crippen molar-refractivity contribution in [3.05, 3.63) is 30.3 Å². The van der Waals surface area contributed by atoms with Crippen LogP contribution in [0.1, 0.15) is 20.3 Å². The van der Waals surface area contributed by atoms with Crippen LogP contribution < -0.4 is 15.5 Å². The molecule has 0 radical (unpaired) electrons. The molecule has 1 aliphatic heterocycles. The number of Topliss-reactive ketones (excluding diaryl/α,β-unsaturated/α-hetero) is 1. The summed E-state index contributed by atoms with van der Waals surface area (Å²) in [6.45, 7) is 4.42. The van der Waals surface area contributed by atoms with E-state index in [-0.39, 0.29) is 24.9 Å². The number of ether oxygens (including phenoxy) is 1. The Morgan fingerprint density at radius 3 is 2.52 bits per heavy atom. The monoisotopic (exact) mass is 442 g/mol. The Morgan fingerprint density at radius 1 is 1.24 bits per heavy atom. The lowest BCUT2D eigenvalue weighted by atomic mass is 10.00. The minimum Gasteiger partial charge on any atom is -0.484 e. The number of hydrogen-bond donors (Lipinski definition) is 2. The maximum Gasteiger partial charge on any atom is 0.309 e. The van der Waals surface area contributed by atoms with E-state index in [1.54, 1.807) is 24.3 Å². The van der Waals surface area contributed by atoms with E-state index >= 15 is 0 Å². The second-order valence-corrected chi connectivity index (χ2v) is 7.88. The maximum atomic E-state index is 12.5. The number of rotatable bonds is 9.